The Kier molecular flexibility index (Phi) is 15.2. The summed E-state index contributed by atoms with van der Waals surface area (Å²) >= 11 is 0. The van der Waals surface area contributed by atoms with Crippen LogP contribution >= 0.6 is 0 Å². The highest BCUT2D eigenvalue weighted by Gasteiger charge is 1.91. The van der Waals surface area contributed by atoms with Gasteiger partial charge in [-0.2, -0.15) is 0 Å². The highest BCUT2D eigenvalue weighted by Crippen LogP contribution is 2.08. The predicted octanol–water partition coefficient (Wildman–Crippen LogP) is 5.88. The number of aliphatic carboxylic acids is 1. The Bertz CT molecular complexity index is 267. The summed E-state index contributed by atoms with van der Waals surface area (Å²) in [6.07, 6.45) is 22.4. The molecule has 0 heterocycles. The molecule has 0 aliphatic carbocycles. The largest absolute Gasteiger partial charge is 0.481 e. The topological polar surface area (TPSA) is 37.3 Å². The first-order chi connectivity index (χ1) is 9.77. The van der Waals surface area contributed by atoms with Crippen LogP contribution in [0.4, 0.5) is 0 Å². The Morgan fingerprint density at radius 3 is 1.85 bits per heavy atom. The van der Waals surface area contributed by atoms with E-state index in [2.05, 4.69) is 25.2 Å². The van der Waals surface area contributed by atoms with Gasteiger partial charge in [0.15, 0.2) is 0 Å². The molecule has 0 saturated carbocycles. The molecule has 0 bridgehead atoms. The molecule has 20 heavy (non-hydrogen) atoms. The summed E-state index contributed by atoms with van der Waals surface area (Å²) in [4.78, 5) is 10.3. The van der Waals surface area contributed by atoms with Gasteiger partial charge in [-0.25, -0.2) is 0 Å². The number of carboxylic acids is 1. The van der Waals surface area contributed by atoms with Crippen LogP contribution in [-0.4, -0.2) is 11.1 Å². The second-order valence-corrected chi connectivity index (χ2v) is 5.36. The zero-order chi connectivity index (χ0) is 14.9. The van der Waals surface area contributed by atoms with Crippen molar-refractivity contribution in [1.29, 1.82) is 0 Å². The second-order valence-electron chi connectivity index (χ2n) is 5.36. The molecule has 2 nitrogen and oxygen atoms in total. The van der Waals surface area contributed by atoms with Crippen LogP contribution in [0.2, 0.25) is 0 Å². The smallest absolute Gasteiger partial charge is 0.303 e. The molecule has 0 aromatic heterocycles. The van der Waals surface area contributed by atoms with Crippen LogP contribution in [0, 0.1) is 0 Å². The first kappa shape index (κ1) is 18.9. The van der Waals surface area contributed by atoms with Gasteiger partial charge in [0.05, 0.1) is 0 Å². The predicted molar refractivity (Wildman–Crippen MR) is 87.0 cm³/mol. The number of carbonyl (C=O) groups is 1. The van der Waals surface area contributed by atoms with Crippen molar-refractivity contribution in [2.24, 2.45) is 0 Å². The number of rotatable bonds is 14. The number of hydrogen-bond acceptors (Lipinski definition) is 1. The van der Waals surface area contributed by atoms with Crippen LogP contribution in [0.1, 0.15) is 84.0 Å². The van der Waals surface area contributed by atoms with E-state index in [0.29, 0.717) is 6.42 Å². The number of carboxylic acid groups (broad SMARTS) is 1. The van der Waals surface area contributed by atoms with E-state index in [1.165, 1.54) is 44.9 Å². The first-order valence-electron chi connectivity index (χ1n) is 8.29. The Balaban J connectivity index is 3.17. The van der Waals surface area contributed by atoms with Crippen molar-refractivity contribution >= 4 is 5.97 Å². The molecule has 0 atom stereocenters. The fourth-order valence-corrected chi connectivity index (χ4v) is 2.07. The minimum Gasteiger partial charge on any atom is -0.481 e. The van der Waals surface area contributed by atoms with Crippen molar-refractivity contribution in [2.75, 3.05) is 0 Å². The Morgan fingerprint density at radius 1 is 0.750 bits per heavy atom. The zero-order valence-electron chi connectivity index (χ0n) is 13.2. The standard InChI is InChI=1S/C18H32O2/c1-2-3-4-5-6-7-8-9-10-11-12-13-14-15-16-17-18(19)20/h9-10,14-15H,2-8,11-13,16-17H2,1H3,(H,19,20)/b10-9-,15-14-. The van der Waals surface area contributed by atoms with Crippen LogP contribution in [-0.2, 0) is 4.79 Å². The maximum atomic E-state index is 10.3. The third kappa shape index (κ3) is 16.9. The van der Waals surface area contributed by atoms with Crippen LogP contribution in [0.5, 0.6) is 0 Å². The molecule has 1 N–H and O–H groups in total. The zero-order valence-corrected chi connectivity index (χ0v) is 13.2. The average Bonchev–Trinajstić information content (AvgIpc) is 2.43. The highest BCUT2D eigenvalue weighted by molar-refractivity contribution is 5.66. The Hall–Kier alpha value is -1.05. The molecule has 0 aromatic rings. The molecule has 0 amide bonds. The monoisotopic (exact) mass is 280 g/mol. The van der Waals surface area contributed by atoms with Gasteiger partial charge in [-0.15, -0.1) is 0 Å². The lowest BCUT2D eigenvalue weighted by Crippen LogP contribution is -1.91. The van der Waals surface area contributed by atoms with E-state index in [-0.39, 0.29) is 6.42 Å². The summed E-state index contributed by atoms with van der Waals surface area (Å²) in [5.41, 5.74) is 0. The number of hydrogen-bond donors (Lipinski definition) is 1. The molecule has 0 unspecified atom stereocenters. The lowest BCUT2D eigenvalue weighted by Gasteiger charge is -1.97. The average molecular weight is 280 g/mol. The second kappa shape index (κ2) is 16.0. The van der Waals surface area contributed by atoms with Gasteiger partial charge in [-0.3, -0.25) is 4.79 Å². The van der Waals surface area contributed by atoms with Gasteiger partial charge in [-0.1, -0.05) is 63.3 Å². The normalized spacial score (nSPS) is 11.7. The Labute approximate surface area is 125 Å². The summed E-state index contributed by atoms with van der Waals surface area (Å²) in [5.74, 6) is -0.715. The van der Waals surface area contributed by atoms with Crippen LogP contribution in [0.3, 0.4) is 0 Å². The molecule has 0 fully saturated rings. The van der Waals surface area contributed by atoms with Gasteiger partial charge in [0.2, 0.25) is 0 Å². The van der Waals surface area contributed by atoms with Gasteiger partial charge in [0, 0.05) is 6.42 Å². The lowest BCUT2D eigenvalue weighted by molar-refractivity contribution is -0.136. The molecule has 0 aromatic carbocycles. The fraction of sp³-hybridized carbons (Fsp3) is 0.722. The quantitative estimate of drug-likeness (QED) is 0.318. The molecule has 0 spiro atoms. The van der Waals surface area contributed by atoms with Crippen molar-refractivity contribution in [1.82, 2.24) is 0 Å². The van der Waals surface area contributed by atoms with Crippen LogP contribution in [0.25, 0.3) is 0 Å². The first-order valence-corrected chi connectivity index (χ1v) is 8.29. The summed E-state index contributed by atoms with van der Waals surface area (Å²) in [6.45, 7) is 2.25. The van der Waals surface area contributed by atoms with Crippen LogP contribution in [0.15, 0.2) is 24.3 Å². The Morgan fingerprint density at radius 2 is 1.25 bits per heavy atom. The third-order valence-electron chi connectivity index (χ3n) is 3.32. The highest BCUT2D eigenvalue weighted by atomic mass is 16.4. The summed E-state index contributed by atoms with van der Waals surface area (Å²) in [7, 11) is 0. The van der Waals surface area contributed by atoms with E-state index in [0.717, 1.165) is 19.3 Å². The van der Waals surface area contributed by atoms with E-state index in [4.69, 9.17) is 5.11 Å². The maximum Gasteiger partial charge on any atom is 0.303 e. The molecule has 0 radical (unpaired) electrons. The van der Waals surface area contributed by atoms with E-state index >= 15 is 0 Å². The minimum absolute atomic E-state index is 0.245. The fourth-order valence-electron chi connectivity index (χ4n) is 2.07. The number of unbranched alkanes of at least 4 members (excludes halogenated alkanes) is 8. The van der Waals surface area contributed by atoms with E-state index in [9.17, 15) is 4.79 Å². The van der Waals surface area contributed by atoms with Crippen molar-refractivity contribution in [2.45, 2.75) is 84.0 Å². The molecule has 116 valence electrons. The lowest BCUT2D eigenvalue weighted by atomic mass is 10.1. The third-order valence-corrected chi connectivity index (χ3v) is 3.32. The van der Waals surface area contributed by atoms with Crippen molar-refractivity contribution < 1.29 is 9.90 Å². The molecule has 0 rings (SSSR count). The maximum absolute atomic E-state index is 10.3. The van der Waals surface area contributed by atoms with E-state index in [1.807, 2.05) is 6.08 Å². The van der Waals surface area contributed by atoms with Gasteiger partial charge in [-0.05, 0) is 38.5 Å². The molecule has 0 aliphatic rings. The van der Waals surface area contributed by atoms with Crippen molar-refractivity contribution in [3.05, 3.63) is 24.3 Å². The molecule has 2 heteroatoms. The van der Waals surface area contributed by atoms with Gasteiger partial charge in [0.25, 0.3) is 0 Å². The van der Waals surface area contributed by atoms with E-state index in [1.54, 1.807) is 0 Å². The molecule has 0 aliphatic heterocycles. The summed E-state index contributed by atoms with van der Waals surface area (Å²) in [6, 6.07) is 0. The van der Waals surface area contributed by atoms with E-state index < -0.39 is 5.97 Å². The summed E-state index contributed by atoms with van der Waals surface area (Å²) in [5, 5.41) is 8.47. The van der Waals surface area contributed by atoms with Gasteiger partial charge in [0.1, 0.15) is 0 Å². The van der Waals surface area contributed by atoms with Gasteiger partial charge < -0.3 is 5.11 Å². The van der Waals surface area contributed by atoms with Crippen LogP contribution < -0.4 is 0 Å². The van der Waals surface area contributed by atoms with Crippen molar-refractivity contribution in [3.8, 4) is 0 Å². The van der Waals surface area contributed by atoms with Crippen molar-refractivity contribution in [3.63, 3.8) is 0 Å². The number of allylic oxidation sites excluding steroid dienone is 4. The summed E-state index contributed by atoms with van der Waals surface area (Å²) < 4.78 is 0. The molecular formula is C18H32O2. The minimum atomic E-state index is -0.715. The molecule has 0 saturated heterocycles. The van der Waals surface area contributed by atoms with Gasteiger partial charge >= 0.3 is 5.97 Å². The molecular weight excluding hydrogens is 248 g/mol. The SMILES string of the molecule is CCCCCCCC/C=C\CCC/C=C\CCC(=O)O.